The summed E-state index contributed by atoms with van der Waals surface area (Å²) in [5.74, 6) is -0.372. The first-order valence-electron chi connectivity index (χ1n) is 7.68. The fourth-order valence-corrected chi connectivity index (χ4v) is 3.87. The van der Waals surface area contributed by atoms with Gasteiger partial charge in [-0.2, -0.15) is 0 Å². The molecule has 0 saturated carbocycles. The Kier molecular flexibility index (Phi) is 4.99. The first-order chi connectivity index (χ1) is 11.9. The maximum Gasteiger partial charge on any atom is 0.270 e. The minimum Gasteiger partial charge on any atom is -0.496 e. The number of nitrogens with one attached hydrogen (secondary N) is 2. The van der Waals surface area contributed by atoms with E-state index in [0.29, 0.717) is 10.8 Å². The summed E-state index contributed by atoms with van der Waals surface area (Å²) in [6, 6.07) is 9.52. The number of rotatable bonds is 5. The summed E-state index contributed by atoms with van der Waals surface area (Å²) in [6.07, 6.45) is 2.86. The summed E-state index contributed by atoms with van der Waals surface area (Å²) in [6.45, 7) is 0. The van der Waals surface area contributed by atoms with Crippen LogP contribution in [0.4, 0.5) is 0 Å². The summed E-state index contributed by atoms with van der Waals surface area (Å²) in [7, 11) is -2.46. The number of amides is 1. The number of fused-ring (bicyclic) bond motifs is 1. The lowest BCUT2D eigenvalue weighted by atomic mass is 10.1. The molecule has 0 radical (unpaired) electrons. The minimum atomic E-state index is -3.87. The van der Waals surface area contributed by atoms with Crippen molar-refractivity contribution in [1.29, 1.82) is 0 Å². The number of benzene rings is 2. The number of sulfonamides is 1. The van der Waals surface area contributed by atoms with Gasteiger partial charge in [-0.05, 0) is 60.7 Å². The third-order valence-electron chi connectivity index (χ3n) is 4.09. The summed E-state index contributed by atoms with van der Waals surface area (Å²) < 4.78 is 29.9. The predicted molar refractivity (Wildman–Crippen MR) is 94.3 cm³/mol. The van der Waals surface area contributed by atoms with Crippen molar-refractivity contribution in [2.24, 2.45) is 0 Å². The molecule has 2 aromatic carbocycles. The van der Waals surface area contributed by atoms with Gasteiger partial charge in [0.05, 0.1) is 17.6 Å². The Morgan fingerprint density at radius 2 is 1.88 bits per heavy atom. The molecule has 0 spiro atoms. The molecule has 0 fully saturated rings. The number of ether oxygens (including phenoxy) is 1. The van der Waals surface area contributed by atoms with Gasteiger partial charge in [0.2, 0.25) is 0 Å². The molecule has 2 N–H and O–H groups in total. The van der Waals surface area contributed by atoms with Gasteiger partial charge in [-0.1, -0.05) is 17.7 Å². The summed E-state index contributed by atoms with van der Waals surface area (Å²) in [5, 5.41) is 0.340. The molecule has 0 unspecified atom stereocenters. The Morgan fingerprint density at radius 3 is 2.64 bits per heavy atom. The van der Waals surface area contributed by atoms with Gasteiger partial charge in [-0.15, -0.1) is 4.83 Å². The topological polar surface area (TPSA) is 84.5 Å². The van der Waals surface area contributed by atoms with Gasteiger partial charge in [-0.3, -0.25) is 10.2 Å². The summed E-state index contributed by atoms with van der Waals surface area (Å²) in [4.78, 5) is 14.5. The highest BCUT2D eigenvalue weighted by molar-refractivity contribution is 7.89. The van der Waals surface area contributed by atoms with Crippen molar-refractivity contribution in [3.8, 4) is 5.75 Å². The monoisotopic (exact) mass is 380 g/mol. The van der Waals surface area contributed by atoms with Crippen molar-refractivity contribution in [2.45, 2.75) is 24.2 Å². The first-order valence-corrected chi connectivity index (χ1v) is 9.54. The Bertz CT molecular complexity index is 928. The quantitative estimate of drug-likeness (QED) is 0.780. The van der Waals surface area contributed by atoms with E-state index in [1.807, 2.05) is 6.07 Å². The van der Waals surface area contributed by atoms with Gasteiger partial charge in [0.25, 0.3) is 15.9 Å². The molecular formula is C17H17ClN2O4S. The Balaban J connectivity index is 1.76. The zero-order chi connectivity index (χ0) is 18.0. The van der Waals surface area contributed by atoms with Crippen LogP contribution < -0.4 is 15.0 Å². The summed E-state index contributed by atoms with van der Waals surface area (Å²) in [5.41, 5.74) is 4.53. The summed E-state index contributed by atoms with van der Waals surface area (Å²) >= 11 is 5.88. The SMILES string of the molecule is COc1ccc(Cl)cc1C(=O)NNS(=O)(=O)c1ccc2c(c1)CCC2. The highest BCUT2D eigenvalue weighted by Crippen LogP contribution is 2.25. The molecule has 3 rings (SSSR count). The van der Waals surface area contributed by atoms with Crippen LogP contribution in [0.25, 0.3) is 0 Å². The van der Waals surface area contributed by atoms with Crippen LogP contribution in [0.2, 0.25) is 5.02 Å². The molecule has 1 amide bonds. The minimum absolute atomic E-state index is 0.117. The van der Waals surface area contributed by atoms with E-state index >= 15 is 0 Å². The Labute approximate surface area is 151 Å². The normalized spacial score (nSPS) is 13.4. The van der Waals surface area contributed by atoms with E-state index in [9.17, 15) is 13.2 Å². The average molecular weight is 381 g/mol. The molecule has 25 heavy (non-hydrogen) atoms. The van der Waals surface area contributed by atoms with Crippen LogP contribution in [0, 0.1) is 0 Å². The van der Waals surface area contributed by atoms with Crippen molar-refractivity contribution >= 4 is 27.5 Å². The van der Waals surface area contributed by atoms with Gasteiger partial charge < -0.3 is 4.74 Å². The zero-order valence-corrected chi connectivity index (χ0v) is 15.1. The zero-order valence-electron chi connectivity index (χ0n) is 13.5. The molecule has 0 aliphatic heterocycles. The number of hydrazine groups is 1. The van der Waals surface area contributed by atoms with Crippen molar-refractivity contribution in [3.05, 3.63) is 58.1 Å². The molecular weight excluding hydrogens is 364 g/mol. The number of hydrogen-bond acceptors (Lipinski definition) is 4. The number of aryl methyl sites for hydroxylation is 2. The number of hydrogen-bond donors (Lipinski definition) is 2. The highest BCUT2D eigenvalue weighted by Gasteiger charge is 2.20. The molecule has 0 atom stereocenters. The fraction of sp³-hybridized carbons (Fsp3) is 0.235. The smallest absolute Gasteiger partial charge is 0.270 e. The molecule has 1 aliphatic rings. The number of carbonyl (C=O) groups excluding carboxylic acids is 1. The van der Waals surface area contributed by atoms with Crippen molar-refractivity contribution < 1.29 is 17.9 Å². The molecule has 8 heteroatoms. The molecule has 0 saturated heterocycles. The molecule has 0 heterocycles. The van der Waals surface area contributed by atoms with Crippen LogP contribution in [0.15, 0.2) is 41.3 Å². The Hall–Kier alpha value is -2.09. The lowest BCUT2D eigenvalue weighted by Crippen LogP contribution is -2.41. The average Bonchev–Trinajstić information content (AvgIpc) is 3.07. The lowest BCUT2D eigenvalue weighted by Gasteiger charge is -2.12. The van der Waals surface area contributed by atoms with E-state index in [2.05, 4.69) is 10.3 Å². The van der Waals surface area contributed by atoms with Crippen LogP contribution in [0.5, 0.6) is 5.75 Å². The number of halogens is 1. The molecule has 0 aromatic heterocycles. The van der Waals surface area contributed by atoms with E-state index in [1.165, 1.54) is 24.8 Å². The van der Waals surface area contributed by atoms with Gasteiger partial charge >= 0.3 is 0 Å². The van der Waals surface area contributed by atoms with E-state index in [-0.39, 0.29) is 10.5 Å². The van der Waals surface area contributed by atoms with Crippen molar-refractivity contribution in [3.63, 3.8) is 0 Å². The van der Waals surface area contributed by atoms with E-state index in [0.717, 1.165) is 24.8 Å². The maximum atomic E-state index is 12.4. The third kappa shape index (κ3) is 3.78. The first kappa shape index (κ1) is 17.7. The number of carbonyl (C=O) groups is 1. The fourth-order valence-electron chi connectivity index (χ4n) is 2.81. The maximum absolute atomic E-state index is 12.4. The van der Waals surface area contributed by atoms with E-state index in [4.69, 9.17) is 16.3 Å². The molecule has 2 aromatic rings. The van der Waals surface area contributed by atoms with E-state index < -0.39 is 15.9 Å². The second-order valence-corrected chi connectivity index (χ2v) is 7.81. The van der Waals surface area contributed by atoms with Gasteiger partial charge in [0.15, 0.2) is 0 Å². The number of methoxy groups -OCH3 is 1. The molecule has 6 nitrogen and oxygen atoms in total. The lowest BCUT2D eigenvalue weighted by molar-refractivity contribution is 0.0942. The van der Waals surface area contributed by atoms with Crippen LogP contribution in [0.1, 0.15) is 27.9 Å². The largest absolute Gasteiger partial charge is 0.496 e. The van der Waals surface area contributed by atoms with Gasteiger partial charge in [0, 0.05) is 5.02 Å². The van der Waals surface area contributed by atoms with Crippen molar-refractivity contribution in [1.82, 2.24) is 10.3 Å². The molecule has 0 bridgehead atoms. The van der Waals surface area contributed by atoms with E-state index in [1.54, 1.807) is 18.2 Å². The standard InChI is InChI=1S/C17H17ClN2O4S/c1-24-16-8-6-13(18)10-15(16)17(21)19-20-25(22,23)14-7-5-11-3-2-4-12(11)9-14/h5-10,20H,2-4H2,1H3,(H,19,21). The van der Waals surface area contributed by atoms with Crippen LogP contribution in [-0.4, -0.2) is 21.4 Å². The van der Waals surface area contributed by atoms with Crippen molar-refractivity contribution in [2.75, 3.05) is 7.11 Å². The van der Waals surface area contributed by atoms with Gasteiger partial charge in [0.1, 0.15) is 5.75 Å². The second kappa shape index (κ2) is 7.03. The van der Waals surface area contributed by atoms with Crippen LogP contribution in [0.3, 0.4) is 0 Å². The highest BCUT2D eigenvalue weighted by atomic mass is 35.5. The Morgan fingerprint density at radius 1 is 1.12 bits per heavy atom. The second-order valence-electron chi connectivity index (χ2n) is 5.69. The molecule has 1 aliphatic carbocycles. The molecule has 132 valence electrons. The van der Waals surface area contributed by atoms with Crippen LogP contribution >= 0.6 is 11.6 Å². The van der Waals surface area contributed by atoms with Crippen LogP contribution in [-0.2, 0) is 22.9 Å². The predicted octanol–water partition coefficient (Wildman–Crippen LogP) is 2.46. The van der Waals surface area contributed by atoms with Gasteiger partial charge in [-0.25, -0.2) is 8.42 Å². The third-order valence-corrected chi connectivity index (χ3v) is 5.57.